The average molecular weight is 288 g/mol. The molecule has 4 heteroatoms. The van der Waals surface area contributed by atoms with E-state index in [0.29, 0.717) is 6.04 Å². The number of piperidine rings is 1. The minimum absolute atomic E-state index is 0.138. The molecule has 0 aliphatic carbocycles. The summed E-state index contributed by atoms with van der Waals surface area (Å²) in [5.41, 5.74) is 0. The summed E-state index contributed by atoms with van der Waals surface area (Å²) in [6, 6.07) is 10.6. The zero-order valence-corrected chi connectivity index (χ0v) is 12.6. The van der Waals surface area contributed by atoms with E-state index in [1.807, 2.05) is 30.1 Å². The fourth-order valence-electron chi connectivity index (χ4n) is 2.77. The SMILES string of the molecule is CN(CC1CCCCN1)C(=O)c1cc2ccccc2s1. The number of nitrogens with zero attached hydrogens (tertiary/aromatic N) is 1. The number of fused-ring (bicyclic) bond motifs is 1. The largest absolute Gasteiger partial charge is 0.339 e. The van der Waals surface area contributed by atoms with Crippen molar-refractivity contribution in [1.82, 2.24) is 10.2 Å². The monoisotopic (exact) mass is 288 g/mol. The van der Waals surface area contributed by atoms with Crippen LogP contribution in [0.2, 0.25) is 0 Å². The van der Waals surface area contributed by atoms with E-state index in [2.05, 4.69) is 17.4 Å². The van der Waals surface area contributed by atoms with Crippen LogP contribution in [0.15, 0.2) is 30.3 Å². The van der Waals surface area contributed by atoms with Gasteiger partial charge in [0.05, 0.1) is 4.88 Å². The summed E-state index contributed by atoms with van der Waals surface area (Å²) in [7, 11) is 1.91. The van der Waals surface area contributed by atoms with Crippen LogP contribution < -0.4 is 5.32 Å². The lowest BCUT2D eigenvalue weighted by Crippen LogP contribution is -2.44. The van der Waals surface area contributed by atoms with Crippen LogP contribution in [0.3, 0.4) is 0 Å². The quantitative estimate of drug-likeness (QED) is 0.941. The van der Waals surface area contributed by atoms with Crippen molar-refractivity contribution >= 4 is 27.3 Å². The van der Waals surface area contributed by atoms with Crippen LogP contribution in [0.25, 0.3) is 10.1 Å². The molecule has 1 fully saturated rings. The van der Waals surface area contributed by atoms with Crippen molar-refractivity contribution in [2.45, 2.75) is 25.3 Å². The molecule has 1 aliphatic rings. The number of nitrogens with one attached hydrogen (secondary N) is 1. The smallest absolute Gasteiger partial charge is 0.263 e. The van der Waals surface area contributed by atoms with E-state index in [-0.39, 0.29) is 5.91 Å². The molecule has 0 spiro atoms. The van der Waals surface area contributed by atoms with Gasteiger partial charge in [0.15, 0.2) is 0 Å². The number of hydrogen-bond acceptors (Lipinski definition) is 3. The molecule has 0 saturated carbocycles. The first-order chi connectivity index (χ1) is 9.74. The lowest BCUT2D eigenvalue weighted by Gasteiger charge is -2.28. The molecule has 3 nitrogen and oxygen atoms in total. The Kier molecular flexibility index (Phi) is 4.03. The van der Waals surface area contributed by atoms with Crippen LogP contribution in [0.1, 0.15) is 28.9 Å². The van der Waals surface area contributed by atoms with Crippen molar-refractivity contribution in [3.63, 3.8) is 0 Å². The first-order valence-electron chi connectivity index (χ1n) is 7.21. The molecule has 2 heterocycles. The van der Waals surface area contributed by atoms with Gasteiger partial charge < -0.3 is 10.2 Å². The zero-order chi connectivity index (χ0) is 13.9. The van der Waals surface area contributed by atoms with Gasteiger partial charge in [0.2, 0.25) is 0 Å². The number of amides is 1. The average Bonchev–Trinajstić information content (AvgIpc) is 2.91. The predicted octanol–water partition coefficient (Wildman–Crippen LogP) is 3.12. The van der Waals surface area contributed by atoms with Gasteiger partial charge >= 0.3 is 0 Å². The Morgan fingerprint density at radius 2 is 2.25 bits per heavy atom. The molecule has 2 aromatic rings. The van der Waals surface area contributed by atoms with E-state index in [4.69, 9.17) is 0 Å². The van der Waals surface area contributed by atoms with E-state index in [1.54, 1.807) is 11.3 Å². The molecule has 1 amide bonds. The van der Waals surface area contributed by atoms with Crippen LogP contribution in [-0.2, 0) is 0 Å². The fourth-order valence-corrected chi connectivity index (χ4v) is 3.83. The fraction of sp³-hybridized carbons (Fsp3) is 0.438. The minimum atomic E-state index is 0.138. The highest BCUT2D eigenvalue weighted by molar-refractivity contribution is 7.20. The van der Waals surface area contributed by atoms with E-state index >= 15 is 0 Å². The molecule has 1 unspecified atom stereocenters. The van der Waals surface area contributed by atoms with Gasteiger partial charge in [-0.3, -0.25) is 4.79 Å². The van der Waals surface area contributed by atoms with Gasteiger partial charge in [-0.1, -0.05) is 24.6 Å². The van der Waals surface area contributed by atoms with E-state index in [1.165, 1.54) is 24.0 Å². The maximum absolute atomic E-state index is 12.5. The molecule has 1 aromatic heterocycles. The summed E-state index contributed by atoms with van der Waals surface area (Å²) in [5, 5.41) is 4.65. The first-order valence-corrected chi connectivity index (χ1v) is 8.03. The predicted molar refractivity (Wildman–Crippen MR) is 84.4 cm³/mol. The summed E-state index contributed by atoms with van der Waals surface area (Å²) < 4.78 is 1.18. The maximum Gasteiger partial charge on any atom is 0.263 e. The molecule has 1 saturated heterocycles. The van der Waals surface area contributed by atoms with Crippen molar-refractivity contribution in [1.29, 1.82) is 0 Å². The third-order valence-electron chi connectivity index (χ3n) is 3.89. The highest BCUT2D eigenvalue weighted by atomic mass is 32.1. The summed E-state index contributed by atoms with van der Waals surface area (Å²) in [6.07, 6.45) is 3.69. The third-order valence-corrected chi connectivity index (χ3v) is 4.99. The number of carbonyl (C=O) groups is 1. The topological polar surface area (TPSA) is 32.3 Å². The summed E-state index contributed by atoms with van der Waals surface area (Å²) in [4.78, 5) is 15.2. The van der Waals surface area contributed by atoms with Crippen molar-refractivity contribution in [2.75, 3.05) is 20.1 Å². The molecular formula is C16H20N2OS. The zero-order valence-electron chi connectivity index (χ0n) is 11.8. The lowest BCUT2D eigenvalue weighted by atomic mass is 10.0. The molecule has 3 rings (SSSR count). The third kappa shape index (κ3) is 2.86. The van der Waals surface area contributed by atoms with Gasteiger partial charge in [0.25, 0.3) is 5.91 Å². The minimum Gasteiger partial charge on any atom is -0.339 e. The maximum atomic E-state index is 12.5. The number of rotatable bonds is 3. The molecule has 0 bridgehead atoms. The number of benzene rings is 1. The molecule has 1 atom stereocenters. The summed E-state index contributed by atoms with van der Waals surface area (Å²) in [5.74, 6) is 0.138. The van der Waals surface area contributed by atoms with Gasteiger partial charge in [-0.25, -0.2) is 0 Å². The van der Waals surface area contributed by atoms with Crippen LogP contribution in [0.4, 0.5) is 0 Å². The summed E-state index contributed by atoms with van der Waals surface area (Å²) >= 11 is 1.58. The van der Waals surface area contributed by atoms with Crippen molar-refractivity contribution in [2.24, 2.45) is 0 Å². The summed E-state index contributed by atoms with van der Waals surface area (Å²) in [6.45, 7) is 1.88. The van der Waals surface area contributed by atoms with E-state index in [9.17, 15) is 4.79 Å². The van der Waals surface area contributed by atoms with Gasteiger partial charge in [0.1, 0.15) is 0 Å². The highest BCUT2D eigenvalue weighted by Crippen LogP contribution is 2.26. The second kappa shape index (κ2) is 5.94. The number of likely N-dealkylation sites (N-methyl/N-ethyl adjacent to an activating group) is 1. The Bertz CT molecular complexity index is 568. The Labute approximate surface area is 123 Å². The Morgan fingerprint density at radius 1 is 1.40 bits per heavy atom. The molecule has 1 N–H and O–H groups in total. The van der Waals surface area contributed by atoms with Crippen LogP contribution in [-0.4, -0.2) is 37.0 Å². The molecule has 1 aliphatic heterocycles. The molecule has 20 heavy (non-hydrogen) atoms. The number of hydrogen-bond donors (Lipinski definition) is 1. The highest BCUT2D eigenvalue weighted by Gasteiger charge is 2.20. The van der Waals surface area contributed by atoms with Gasteiger partial charge in [0, 0.05) is 24.3 Å². The standard InChI is InChI=1S/C16H20N2OS/c1-18(11-13-7-4-5-9-17-13)16(19)15-10-12-6-2-3-8-14(12)20-15/h2-3,6,8,10,13,17H,4-5,7,9,11H2,1H3. The van der Waals surface area contributed by atoms with Crippen molar-refractivity contribution < 1.29 is 4.79 Å². The van der Waals surface area contributed by atoms with Gasteiger partial charge in [-0.2, -0.15) is 0 Å². The molecular weight excluding hydrogens is 268 g/mol. The number of thiophene rings is 1. The van der Waals surface area contributed by atoms with E-state index < -0.39 is 0 Å². The first kappa shape index (κ1) is 13.6. The van der Waals surface area contributed by atoms with Crippen molar-refractivity contribution in [3.05, 3.63) is 35.2 Å². The van der Waals surface area contributed by atoms with Crippen LogP contribution in [0.5, 0.6) is 0 Å². The Hall–Kier alpha value is -1.39. The molecule has 1 aromatic carbocycles. The molecule has 0 radical (unpaired) electrons. The molecule has 106 valence electrons. The normalized spacial score (nSPS) is 19.1. The number of carbonyl (C=O) groups excluding carboxylic acids is 1. The van der Waals surface area contributed by atoms with Gasteiger partial charge in [-0.15, -0.1) is 11.3 Å². The van der Waals surface area contributed by atoms with Crippen LogP contribution in [0, 0.1) is 0 Å². The van der Waals surface area contributed by atoms with Crippen molar-refractivity contribution in [3.8, 4) is 0 Å². The lowest BCUT2D eigenvalue weighted by molar-refractivity contribution is 0.0780. The second-order valence-electron chi connectivity index (χ2n) is 5.48. The Balaban J connectivity index is 1.70. The van der Waals surface area contributed by atoms with Crippen LogP contribution >= 0.6 is 11.3 Å². The second-order valence-corrected chi connectivity index (χ2v) is 6.56. The van der Waals surface area contributed by atoms with E-state index in [0.717, 1.165) is 23.4 Å². The van der Waals surface area contributed by atoms with Gasteiger partial charge in [-0.05, 0) is 36.9 Å². The Morgan fingerprint density at radius 3 is 3.00 bits per heavy atom.